The molecular weight excluding hydrogens is 330 g/mol. The molecule has 0 fully saturated rings. The normalized spacial score (nSPS) is 10.7. The molecule has 4 nitrogen and oxygen atoms in total. The van der Waals surface area contributed by atoms with Gasteiger partial charge in [0.2, 0.25) is 0 Å². The van der Waals surface area contributed by atoms with Crippen LogP contribution < -0.4 is 0 Å². The molecule has 100 valence electrons. The molecule has 0 atom stereocenters. The third-order valence-corrected chi connectivity index (χ3v) is 3.63. The van der Waals surface area contributed by atoms with E-state index in [1.165, 1.54) is 0 Å². The van der Waals surface area contributed by atoms with E-state index in [2.05, 4.69) is 26.2 Å². The minimum absolute atomic E-state index is 0.00535. The van der Waals surface area contributed by atoms with E-state index in [-0.39, 0.29) is 5.78 Å². The highest BCUT2D eigenvalue weighted by Crippen LogP contribution is 2.26. The number of rotatable bonds is 4. The van der Waals surface area contributed by atoms with Crippen molar-refractivity contribution in [3.8, 4) is 5.69 Å². The van der Waals surface area contributed by atoms with Crippen LogP contribution in [-0.4, -0.2) is 20.8 Å². The Morgan fingerprint density at radius 1 is 1.42 bits per heavy atom. The molecule has 0 saturated carbocycles. The topological polar surface area (TPSA) is 47.8 Å². The van der Waals surface area contributed by atoms with Gasteiger partial charge in [0.05, 0.1) is 16.4 Å². The molecular formula is C13H13BrClN3O. The van der Waals surface area contributed by atoms with E-state index in [0.717, 1.165) is 15.9 Å². The molecule has 0 bridgehead atoms. The van der Waals surface area contributed by atoms with E-state index in [1.54, 1.807) is 10.7 Å². The largest absolute Gasteiger partial charge is 0.292 e. The molecule has 2 rings (SSSR count). The van der Waals surface area contributed by atoms with E-state index >= 15 is 0 Å². The lowest BCUT2D eigenvalue weighted by Crippen LogP contribution is -2.06. The van der Waals surface area contributed by atoms with Gasteiger partial charge in [0.1, 0.15) is 0 Å². The lowest BCUT2D eigenvalue weighted by Gasteiger charge is -2.08. The SMILES string of the molecule is CCC(=O)c1nnn(-c2cc(Br)ccc2Cl)c1CC. The molecule has 1 aromatic heterocycles. The molecule has 2 aromatic rings. The van der Waals surface area contributed by atoms with Crippen molar-refractivity contribution in [2.24, 2.45) is 0 Å². The van der Waals surface area contributed by atoms with Crippen LogP contribution in [0.15, 0.2) is 22.7 Å². The standard InChI is InChI=1S/C13H13BrClN3O/c1-3-10-13(12(19)4-2)16-17-18(10)11-7-8(14)5-6-9(11)15/h5-7H,3-4H2,1-2H3. The van der Waals surface area contributed by atoms with E-state index in [9.17, 15) is 4.79 Å². The van der Waals surface area contributed by atoms with Gasteiger partial charge in [0, 0.05) is 10.9 Å². The average molecular weight is 343 g/mol. The maximum Gasteiger partial charge on any atom is 0.184 e. The van der Waals surface area contributed by atoms with Gasteiger partial charge in [-0.2, -0.15) is 0 Å². The number of carbonyl (C=O) groups excluding carboxylic acids is 1. The average Bonchev–Trinajstić information content (AvgIpc) is 2.84. The third kappa shape index (κ3) is 2.72. The highest BCUT2D eigenvalue weighted by Gasteiger charge is 2.19. The summed E-state index contributed by atoms with van der Waals surface area (Å²) in [5, 5.41) is 8.63. The number of ketones is 1. The van der Waals surface area contributed by atoms with Gasteiger partial charge in [-0.15, -0.1) is 5.10 Å². The minimum Gasteiger partial charge on any atom is -0.292 e. The summed E-state index contributed by atoms with van der Waals surface area (Å²) in [6.07, 6.45) is 1.08. The summed E-state index contributed by atoms with van der Waals surface area (Å²) in [4.78, 5) is 11.8. The van der Waals surface area contributed by atoms with Crippen LogP contribution >= 0.6 is 27.5 Å². The van der Waals surface area contributed by atoms with Gasteiger partial charge in [0.25, 0.3) is 0 Å². The van der Waals surface area contributed by atoms with Crippen molar-refractivity contribution >= 4 is 33.3 Å². The van der Waals surface area contributed by atoms with E-state index < -0.39 is 0 Å². The van der Waals surface area contributed by atoms with Crippen LogP contribution in [0.2, 0.25) is 5.02 Å². The number of carbonyl (C=O) groups is 1. The van der Waals surface area contributed by atoms with E-state index in [4.69, 9.17) is 11.6 Å². The summed E-state index contributed by atoms with van der Waals surface area (Å²) in [6.45, 7) is 3.78. The van der Waals surface area contributed by atoms with Crippen LogP contribution in [0.3, 0.4) is 0 Å². The Labute approximate surface area is 124 Å². The molecule has 0 N–H and O–H groups in total. The first kappa shape index (κ1) is 14.2. The van der Waals surface area contributed by atoms with Crippen molar-refractivity contribution in [2.75, 3.05) is 0 Å². The first-order chi connectivity index (χ1) is 9.08. The molecule has 19 heavy (non-hydrogen) atoms. The monoisotopic (exact) mass is 341 g/mol. The van der Waals surface area contributed by atoms with Crippen molar-refractivity contribution in [3.63, 3.8) is 0 Å². The summed E-state index contributed by atoms with van der Waals surface area (Å²) >= 11 is 9.59. The Morgan fingerprint density at radius 3 is 2.79 bits per heavy atom. The van der Waals surface area contributed by atoms with Gasteiger partial charge in [-0.1, -0.05) is 46.6 Å². The highest BCUT2D eigenvalue weighted by atomic mass is 79.9. The van der Waals surface area contributed by atoms with Crippen molar-refractivity contribution in [1.82, 2.24) is 15.0 Å². The zero-order valence-corrected chi connectivity index (χ0v) is 13.0. The molecule has 1 heterocycles. The molecule has 0 aliphatic heterocycles. The van der Waals surface area contributed by atoms with E-state index in [0.29, 0.717) is 23.6 Å². The van der Waals surface area contributed by atoms with Gasteiger partial charge >= 0.3 is 0 Å². The lowest BCUT2D eigenvalue weighted by molar-refractivity contribution is 0.0982. The Kier molecular flexibility index (Phi) is 4.37. The number of nitrogens with zero attached hydrogens (tertiary/aromatic N) is 3. The van der Waals surface area contributed by atoms with Crippen LogP contribution in [0.4, 0.5) is 0 Å². The third-order valence-electron chi connectivity index (χ3n) is 2.82. The maximum absolute atomic E-state index is 11.8. The van der Waals surface area contributed by atoms with Crippen LogP contribution in [0, 0.1) is 0 Å². The van der Waals surface area contributed by atoms with Gasteiger partial charge in [-0.3, -0.25) is 4.79 Å². The predicted molar refractivity (Wildman–Crippen MR) is 78.1 cm³/mol. The predicted octanol–water partition coefficient (Wildman–Crippen LogP) is 3.84. The second-order valence-corrected chi connectivity index (χ2v) is 5.35. The first-order valence-corrected chi connectivity index (χ1v) is 7.18. The summed E-state index contributed by atoms with van der Waals surface area (Å²) < 4.78 is 2.53. The fourth-order valence-electron chi connectivity index (χ4n) is 1.84. The molecule has 0 radical (unpaired) electrons. The fraction of sp³-hybridized carbons (Fsp3) is 0.308. The first-order valence-electron chi connectivity index (χ1n) is 6.01. The van der Waals surface area contributed by atoms with Gasteiger partial charge in [0.15, 0.2) is 11.5 Å². The van der Waals surface area contributed by atoms with Crippen LogP contribution in [-0.2, 0) is 6.42 Å². The minimum atomic E-state index is -0.00535. The molecule has 0 unspecified atom stereocenters. The smallest absolute Gasteiger partial charge is 0.184 e. The Balaban J connectivity index is 2.60. The number of benzene rings is 1. The zero-order valence-electron chi connectivity index (χ0n) is 10.7. The Morgan fingerprint density at radius 2 is 2.16 bits per heavy atom. The molecule has 6 heteroatoms. The van der Waals surface area contributed by atoms with Crippen LogP contribution in [0.1, 0.15) is 36.5 Å². The number of hydrogen-bond donors (Lipinski definition) is 0. The Hall–Kier alpha value is -1.20. The molecule has 0 amide bonds. The fourth-order valence-corrected chi connectivity index (χ4v) is 2.39. The molecule has 0 spiro atoms. The van der Waals surface area contributed by atoms with Crippen molar-refractivity contribution in [1.29, 1.82) is 0 Å². The van der Waals surface area contributed by atoms with E-state index in [1.807, 2.05) is 26.0 Å². The van der Waals surface area contributed by atoms with Crippen molar-refractivity contribution in [3.05, 3.63) is 39.1 Å². The molecule has 0 aliphatic rings. The van der Waals surface area contributed by atoms with Gasteiger partial charge < -0.3 is 0 Å². The van der Waals surface area contributed by atoms with Crippen LogP contribution in [0.25, 0.3) is 5.69 Å². The highest BCUT2D eigenvalue weighted by molar-refractivity contribution is 9.10. The maximum atomic E-state index is 11.8. The van der Waals surface area contributed by atoms with Crippen molar-refractivity contribution < 1.29 is 4.79 Å². The Bertz CT molecular complexity index is 624. The molecule has 0 saturated heterocycles. The zero-order chi connectivity index (χ0) is 14.0. The number of aromatic nitrogens is 3. The van der Waals surface area contributed by atoms with Gasteiger partial charge in [-0.05, 0) is 24.6 Å². The van der Waals surface area contributed by atoms with Crippen LogP contribution in [0.5, 0.6) is 0 Å². The summed E-state index contributed by atoms with van der Waals surface area (Å²) in [5.41, 5.74) is 1.93. The second-order valence-electron chi connectivity index (χ2n) is 4.02. The number of halogens is 2. The summed E-state index contributed by atoms with van der Waals surface area (Å²) in [7, 11) is 0. The number of Topliss-reactive ketones (excluding diaryl/α,β-unsaturated/α-hetero) is 1. The molecule has 0 aliphatic carbocycles. The van der Waals surface area contributed by atoms with Gasteiger partial charge in [-0.25, -0.2) is 4.68 Å². The summed E-state index contributed by atoms with van der Waals surface area (Å²) in [5.74, 6) is -0.00535. The summed E-state index contributed by atoms with van der Waals surface area (Å²) in [6, 6.07) is 5.49. The quantitative estimate of drug-likeness (QED) is 0.793. The second kappa shape index (κ2) is 5.84. The lowest BCUT2D eigenvalue weighted by atomic mass is 10.1. The van der Waals surface area contributed by atoms with Crippen molar-refractivity contribution in [2.45, 2.75) is 26.7 Å². The number of hydrogen-bond acceptors (Lipinski definition) is 3. The molecule has 1 aromatic carbocycles.